The van der Waals surface area contributed by atoms with Crippen LogP contribution in [0.5, 0.6) is 0 Å². The van der Waals surface area contributed by atoms with Crippen LogP contribution < -0.4 is 0 Å². The maximum absolute atomic E-state index is 14.0. The molecule has 9 atom stereocenters. The Labute approximate surface area is 208 Å². The number of aliphatic hydroxyl groups is 3. The van der Waals surface area contributed by atoms with Crippen LogP contribution in [-0.2, 0) is 19.1 Å². The predicted octanol–water partition coefficient (Wildman–Crippen LogP) is 2.99. The van der Waals surface area contributed by atoms with Gasteiger partial charge in [-0.2, -0.15) is 0 Å². The molecule has 7 heteroatoms. The summed E-state index contributed by atoms with van der Waals surface area (Å²) in [5, 5.41) is 33.4. The summed E-state index contributed by atoms with van der Waals surface area (Å²) >= 11 is 0. The van der Waals surface area contributed by atoms with Gasteiger partial charge < -0.3 is 20.1 Å². The first-order valence-electron chi connectivity index (χ1n) is 13.1. The minimum atomic E-state index is -1.01. The smallest absolute Gasteiger partial charge is 0.305 e. The van der Waals surface area contributed by atoms with E-state index in [2.05, 4.69) is 13.8 Å². The molecule has 0 aromatic carbocycles. The monoisotopic (exact) mass is 490 g/mol. The lowest BCUT2D eigenvalue weighted by Gasteiger charge is -2.61. The molecule has 4 aliphatic carbocycles. The van der Waals surface area contributed by atoms with Crippen molar-refractivity contribution in [2.24, 2.45) is 39.4 Å². The molecule has 2 fully saturated rings. The Morgan fingerprint density at radius 2 is 1.80 bits per heavy atom. The van der Waals surface area contributed by atoms with Crippen LogP contribution in [0.1, 0.15) is 79.6 Å². The van der Waals surface area contributed by atoms with E-state index in [4.69, 9.17) is 4.74 Å². The SMILES string of the molecule is COC(=O)CC[C@@H](C)C1C[C@H](O)[C@@]2(C)C3=C(C(=O)C[C@]12C)[C@@]1(C)CCC(=O)[C@](C)(CO)[C@@H]1C[C@@H]3O. The third-order valence-corrected chi connectivity index (χ3v) is 11.2. The number of aliphatic hydroxyl groups excluding tert-OH is 3. The van der Waals surface area contributed by atoms with E-state index >= 15 is 0 Å². The summed E-state index contributed by atoms with van der Waals surface area (Å²) in [4.78, 5) is 38.7. The maximum Gasteiger partial charge on any atom is 0.305 e. The van der Waals surface area contributed by atoms with E-state index < -0.39 is 33.9 Å². The number of ether oxygens (including phenoxy) is 1. The number of esters is 1. The van der Waals surface area contributed by atoms with Gasteiger partial charge in [-0.05, 0) is 54.4 Å². The van der Waals surface area contributed by atoms with Crippen LogP contribution in [0.3, 0.4) is 0 Å². The number of carbonyl (C=O) groups is 3. The molecule has 0 bridgehead atoms. The highest BCUT2D eigenvalue weighted by atomic mass is 16.5. The third kappa shape index (κ3) is 3.37. The Kier molecular flexibility index (Phi) is 6.43. The van der Waals surface area contributed by atoms with E-state index in [1.54, 1.807) is 6.92 Å². The van der Waals surface area contributed by atoms with Crippen molar-refractivity contribution in [1.29, 1.82) is 0 Å². The van der Waals surface area contributed by atoms with Gasteiger partial charge in [0.1, 0.15) is 5.78 Å². The van der Waals surface area contributed by atoms with E-state index in [1.165, 1.54) is 7.11 Å². The summed E-state index contributed by atoms with van der Waals surface area (Å²) in [5.41, 5.74) is -1.78. The minimum Gasteiger partial charge on any atom is -0.469 e. The highest BCUT2D eigenvalue weighted by Gasteiger charge is 2.70. The van der Waals surface area contributed by atoms with Crippen LogP contribution in [0.4, 0.5) is 0 Å². The molecule has 35 heavy (non-hydrogen) atoms. The van der Waals surface area contributed by atoms with Crippen molar-refractivity contribution in [1.82, 2.24) is 0 Å². The Hall–Kier alpha value is -1.57. The first kappa shape index (κ1) is 26.5. The summed E-state index contributed by atoms with van der Waals surface area (Å²) in [7, 11) is 1.37. The first-order valence-corrected chi connectivity index (χ1v) is 13.1. The molecule has 3 N–H and O–H groups in total. The van der Waals surface area contributed by atoms with Crippen LogP contribution >= 0.6 is 0 Å². The second-order valence-electron chi connectivity index (χ2n) is 12.7. The van der Waals surface area contributed by atoms with Gasteiger partial charge in [0.05, 0.1) is 31.3 Å². The zero-order valence-corrected chi connectivity index (χ0v) is 22.0. The Morgan fingerprint density at radius 1 is 1.14 bits per heavy atom. The quantitative estimate of drug-likeness (QED) is 0.507. The zero-order valence-electron chi connectivity index (χ0n) is 22.0. The molecule has 0 amide bonds. The van der Waals surface area contributed by atoms with Crippen LogP contribution in [-0.4, -0.2) is 58.8 Å². The van der Waals surface area contributed by atoms with Gasteiger partial charge >= 0.3 is 5.97 Å². The van der Waals surface area contributed by atoms with Gasteiger partial charge in [-0.1, -0.05) is 34.6 Å². The van der Waals surface area contributed by atoms with Crippen molar-refractivity contribution in [3.8, 4) is 0 Å². The molecule has 0 spiro atoms. The van der Waals surface area contributed by atoms with Gasteiger partial charge in [0.15, 0.2) is 5.78 Å². The normalized spacial score (nSPS) is 46.1. The number of hydrogen-bond donors (Lipinski definition) is 3. The maximum atomic E-state index is 14.0. The molecule has 7 nitrogen and oxygen atoms in total. The van der Waals surface area contributed by atoms with Crippen molar-refractivity contribution in [3.05, 3.63) is 11.1 Å². The molecule has 0 aromatic rings. The standard InChI is InChI=1S/C28H42O7/c1-15(7-8-22(34)35-6)16-11-21(33)28(5)24-17(30)12-19-25(2,10-9-20(32)26(19,3)14-29)23(24)18(31)13-27(16,28)4/h15-17,19,21,29-30,33H,7-14H2,1-6H3/t15-,16?,17+,19-,21+,25+,26-,27-,28+/m1/s1. The summed E-state index contributed by atoms with van der Waals surface area (Å²) in [6, 6.07) is 0. The molecular formula is C28H42O7. The summed E-state index contributed by atoms with van der Waals surface area (Å²) in [6.07, 6.45) is 1.02. The minimum absolute atomic E-state index is 0.00136. The van der Waals surface area contributed by atoms with Crippen LogP contribution in [0.25, 0.3) is 0 Å². The molecule has 4 rings (SSSR count). The lowest BCUT2D eigenvalue weighted by Crippen LogP contribution is -2.61. The first-order chi connectivity index (χ1) is 16.2. The number of rotatable bonds is 5. The van der Waals surface area contributed by atoms with Crippen molar-refractivity contribution < 1.29 is 34.4 Å². The summed E-state index contributed by atoms with van der Waals surface area (Å²) in [6.45, 7) is 9.60. The van der Waals surface area contributed by atoms with Crippen molar-refractivity contribution >= 4 is 17.5 Å². The summed E-state index contributed by atoms with van der Waals surface area (Å²) in [5.74, 6) is -0.564. The average molecular weight is 491 g/mol. The van der Waals surface area contributed by atoms with Gasteiger partial charge in [0, 0.05) is 35.7 Å². The molecule has 1 unspecified atom stereocenters. The largest absolute Gasteiger partial charge is 0.469 e. The number of carbonyl (C=O) groups excluding carboxylic acids is 3. The number of allylic oxidation sites excluding steroid dienone is 1. The van der Waals surface area contributed by atoms with E-state index in [0.717, 1.165) is 0 Å². The molecule has 2 saturated carbocycles. The molecule has 0 aromatic heterocycles. The molecule has 0 saturated heterocycles. The molecule has 0 aliphatic heterocycles. The number of Topliss-reactive ketones (excluding diaryl/α,β-unsaturated/α-hetero) is 2. The van der Waals surface area contributed by atoms with Gasteiger partial charge in [-0.15, -0.1) is 0 Å². The van der Waals surface area contributed by atoms with Crippen molar-refractivity contribution in [3.63, 3.8) is 0 Å². The molecule has 196 valence electrons. The Balaban J connectivity index is 1.81. The van der Waals surface area contributed by atoms with Gasteiger partial charge in [-0.3, -0.25) is 14.4 Å². The molecule has 0 radical (unpaired) electrons. The van der Waals surface area contributed by atoms with E-state index in [-0.39, 0.29) is 67.6 Å². The Bertz CT molecular complexity index is 970. The summed E-state index contributed by atoms with van der Waals surface area (Å²) < 4.78 is 4.81. The lowest BCUT2D eigenvalue weighted by atomic mass is 9.42. The zero-order chi connectivity index (χ0) is 26.1. The van der Waals surface area contributed by atoms with Gasteiger partial charge in [0.2, 0.25) is 0 Å². The predicted molar refractivity (Wildman–Crippen MR) is 129 cm³/mol. The van der Waals surface area contributed by atoms with Crippen molar-refractivity contribution in [2.75, 3.05) is 13.7 Å². The lowest BCUT2D eigenvalue weighted by molar-refractivity contribution is -0.152. The number of hydrogen-bond acceptors (Lipinski definition) is 7. The van der Waals surface area contributed by atoms with E-state index in [1.807, 2.05) is 13.8 Å². The van der Waals surface area contributed by atoms with Crippen LogP contribution in [0, 0.1) is 39.4 Å². The van der Waals surface area contributed by atoms with E-state index in [0.29, 0.717) is 30.4 Å². The van der Waals surface area contributed by atoms with Crippen LogP contribution in [0.2, 0.25) is 0 Å². The van der Waals surface area contributed by atoms with Gasteiger partial charge in [0.25, 0.3) is 0 Å². The highest BCUT2D eigenvalue weighted by molar-refractivity contribution is 6.01. The molecule has 0 heterocycles. The highest BCUT2D eigenvalue weighted by Crippen LogP contribution is 2.71. The number of fused-ring (bicyclic) bond motifs is 4. The van der Waals surface area contributed by atoms with Gasteiger partial charge in [-0.25, -0.2) is 0 Å². The second kappa shape index (κ2) is 8.49. The Morgan fingerprint density at radius 3 is 2.40 bits per heavy atom. The fourth-order valence-corrected chi connectivity index (χ4v) is 8.87. The fourth-order valence-electron chi connectivity index (χ4n) is 8.87. The average Bonchev–Trinajstić information content (AvgIpc) is 3.02. The van der Waals surface area contributed by atoms with Crippen molar-refractivity contribution in [2.45, 2.75) is 91.8 Å². The fraction of sp³-hybridized carbons (Fsp3) is 0.821. The van der Waals surface area contributed by atoms with Crippen LogP contribution in [0.15, 0.2) is 11.1 Å². The third-order valence-electron chi connectivity index (χ3n) is 11.2. The molecular weight excluding hydrogens is 448 g/mol. The molecule has 4 aliphatic rings. The number of methoxy groups -OCH3 is 1. The number of ketones is 2. The second-order valence-corrected chi connectivity index (χ2v) is 12.7. The topological polar surface area (TPSA) is 121 Å². The van der Waals surface area contributed by atoms with E-state index in [9.17, 15) is 29.7 Å².